The fraction of sp³-hybridized carbons (Fsp3) is 0.920. The molecular weight excluding hydrogens is 616 g/mol. The predicted molar refractivity (Wildman–Crippen MR) is 141 cm³/mol. The summed E-state index contributed by atoms with van der Waals surface area (Å²) < 4.78 is 33.8. The molecule has 20 nitrogen and oxygen atoms in total. The largest absolute Gasteiger partial charge is 0.394 e. The van der Waals surface area contributed by atoms with Gasteiger partial charge in [-0.2, -0.15) is 0 Å². The van der Waals surface area contributed by atoms with Gasteiger partial charge in [0.05, 0.1) is 33.0 Å². The van der Waals surface area contributed by atoms with E-state index in [2.05, 4.69) is 10.6 Å². The van der Waals surface area contributed by atoms with Gasteiger partial charge in [-0.25, -0.2) is 0 Å². The third-order valence-corrected chi connectivity index (χ3v) is 7.61. The Morgan fingerprint density at radius 3 is 1.51 bits per heavy atom. The molecule has 0 radical (unpaired) electrons. The van der Waals surface area contributed by atoms with Gasteiger partial charge in [-0.3, -0.25) is 9.59 Å². The van der Waals surface area contributed by atoms with Crippen molar-refractivity contribution in [3.8, 4) is 0 Å². The zero-order valence-electron chi connectivity index (χ0n) is 24.5. The number of nitrogens with one attached hydrogen (secondary N) is 2. The molecule has 3 fully saturated rings. The third-order valence-electron chi connectivity index (χ3n) is 7.61. The van der Waals surface area contributed by atoms with Gasteiger partial charge < -0.3 is 90.1 Å². The number of rotatable bonds is 13. The molecular formula is C25H44N2O18. The molecule has 262 valence electrons. The molecule has 0 aliphatic carbocycles. The molecule has 3 aliphatic heterocycles. The molecule has 3 rings (SSSR count). The van der Waals surface area contributed by atoms with Crippen LogP contribution in [0.4, 0.5) is 0 Å². The number of hydrogen-bond donors (Lipinski definition) is 12. The number of aliphatic hydroxyl groups excluding tert-OH is 10. The highest BCUT2D eigenvalue weighted by molar-refractivity contribution is 5.73. The smallest absolute Gasteiger partial charge is 0.217 e. The molecule has 0 aromatic rings. The summed E-state index contributed by atoms with van der Waals surface area (Å²) >= 11 is 0. The van der Waals surface area contributed by atoms with Crippen LogP contribution in [0.25, 0.3) is 0 Å². The van der Waals surface area contributed by atoms with E-state index in [0.717, 1.165) is 13.8 Å². The molecule has 0 aromatic carbocycles. The normalized spacial score (nSPS) is 42.4. The standard InChI is InChI=1S/C25H44N2O18/c1-8(33)26-14-19(38)16(35)11(5-30)41-23(14)44-21-15(27-9(2)34)24(42-12(6-31)17(21)36)45-22-18(37)13(7-32)43-25(20(22)39)40-10(3-28)4-29/h10-25,28-32,35-39H,3-7H2,1-2H3,(H,26,33)(H,27,34)/t11-,12-,13-,14-,15-,16-,17-,18-,19-,20-,21-,22+,23+,24-,25-/m1/s1. The Balaban J connectivity index is 1.96. The maximum absolute atomic E-state index is 12.3. The minimum Gasteiger partial charge on any atom is -0.394 e. The summed E-state index contributed by atoms with van der Waals surface area (Å²) in [7, 11) is 0. The quantitative estimate of drug-likeness (QED) is 0.0872. The summed E-state index contributed by atoms with van der Waals surface area (Å²) in [5.41, 5.74) is 0. The number of ether oxygens (including phenoxy) is 6. The summed E-state index contributed by atoms with van der Waals surface area (Å²) in [5, 5.41) is 107. The van der Waals surface area contributed by atoms with E-state index in [1.54, 1.807) is 0 Å². The Kier molecular flexibility index (Phi) is 14.2. The van der Waals surface area contributed by atoms with Crippen LogP contribution in [0.3, 0.4) is 0 Å². The first-order chi connectivity index (χ1) is 21.3. The zero-order chi connectivity index (χ0) is 33.6. The first-order valence-corrected chi connectivity index (χ1v) is 14.2. The molecule has 12 N–H and O–H groups in total. The highest BCUT2D eigenvalue weighted by Gasteiger charge is 2.54. The van der Waals surface area contributed by atoms with Crippen molar-refractivity contribution in [2.24, 2.45) is 0 Å². The van der Waals surface area contributed by atoms with Crippen molar-refractivity contribution in [2.45, 2.75) is 112 Å². The Labute approximate surface area is 257 Å². The second kappa shape index (κ2) is 16.9. The van der Waals surface area contributed by atoms with Gasteiger partial charge in [-0.05, 0) is 0 Å². The van der Waals surface area contributed by atoms with Crippen LogP contribution in [-0.4, -0.2) is 194 Å². The molecule has 0 unspecified atom stereocenters. The number of carbonyl (C=O) groups is 2. The SMILES string of the molecule is CC(=O)N[C@H]1[C@H](O[C@H]2[C@H](O)[C@@H](CO)O[C@H](O[C@@H]3[C@@H](O)[C@H](OC(CO)CO)O[C@H](CO)[C@H]3O)[C@@H]2NC(C)=O)O[C@H](CO)[C@@H](O)[C@@H]1O. The van der Waals surface area contributed by atoms with Crippen LogP contribution < -0.4 is 10.6 Å². The molecule has 0 saturated carbocycles. The van der Waals surface area contributed by atoms with Gasteiger partial charge in [0, 0.05) is 13.8 Å². The minimum absolute atomic E-state index is 0.673. The van der Waals surface area contributed by atoms with Crippen LogP contribution in [0, 0.1) is 0 Å². The lowest BCUT2D eigenvalue weighted by Crippen LogP contribution is -2.71. The van der Waals surface area contributed by atoms with Crippen LogP contribution in [0.2, 0.25) is 0 Å². The zero-order valence-corrected chi connectivity index (χ0v) is 24.5. The summed E-state index contributed by atoms with van der Waals surface area (Å²) in [5.74, 6) is -1.39. The van der Waals surface area contributed by atoms with E-state index in [9.17, 15) is 60.7 Å². The molecule has 20 heteroatoms. The lowest BCUT2D eigenvalue weighted by molar-refractivity contribution is -0.364. The Bertz CT molecular complexity index is 944. The van der Waals surface area contributed by atoms with Crippen molar-refractivity contribution in [3.05, 3.63) is 0 Å². The molecule has 15 atom stereocenters. The summed E-state index contributed by atoms with van der Waals surface area (Å²) in [6.45, 7) is -1.61. The highest BCUT2D eigenvalue weighted by atomic mass is 16.7. The monoisotopic (exact) mass is 660 g/mol. The van der Waals surface area contributed by atoms with Crippen molar-refractivity contribution >= 4 is 11.8 Å². The fourth-order valence-electron chi connectivity index (χ4n) is 5.29. The molecule has 0 bridgehead atoms. The minimum atomic E-state index is -1.86. The van der Waals surface area contributed by atoms with E-state index in [1.165, 1.54) is 0 Å². The predicted octanol–water partition coefficient (Wildman–Crippen LogP) is -7.91. The van der Waals surface area contributed by atoms with Gasteiger partial charge in [0.1, 0.15) is 79.2 Å². The molecule has 3 heterocycles. The molecule has 45 heavy (non-hydrogen) atoms. The maximum atomic E-state index is 12.3. The lowest BCUT2D eigenvalue weighted by atomic mass is 9.94. The van der Waals surface area contributed by atoms with E-state index >= 15 is 0 Å². The number of hydrogen-bond acceptors (Lipinski definition) is 18. The van der Waals surface area contributed by atoms with Crippen LogP contribution in [0.1, 0.15) is 13.8 Å². The van der Waals surface area contributed by atoms with E-state index in [1.807, 2.05) is 0 Å². The second-order valence-electron chi connectivity index (χ2n) is 10.9. The van der Waals surface area contributed by atoms with E-state index in [0.29, 0.717) is 0 Å². The number of carbonyl (C=O) groups excluding carboxylic acids is 2. The van der Waals surface area contributed by atoms with Crippen LogP contribution in [0.5, 0.6) is 0 Å². The Morgan fingerprint density at radius 1 is 0.600 bits per heavy atom. The topological polar surface area (TPSA) is 316 Å². The highest BCUT2D eigenvalue weighted by Crippen LogP contribution is 2.33. The van der Waals surface area contributed by atoms with E-state index < -0.39 is 143 Å². The first kappa shape index (κ1) is 37.8. The van der Waals surface area contributed by atoms with Gasteiger partial charge in [-0.15, -0.1) is 0 Å². The van der Waals surface area contributed by atoms with Crippen molar-refractivity contribution in [1.82, 2.24) is 10.6 Å². The average molecular weight is 661 g/mol. The van der Waals surface area contributed by atoms with Crippen LogP contribution in [0.15, 0.2) is 0 Å². The third kappa shape index (κ3) is 8.81. The van der Waals surface area contributed by atoms with Gasteiger partial charge in [0.25, 0.3) is 0 Å². The average Bonchev–Trinajstić information content (AvgIpc) is 3.00. The molecule has 0 aromatic heterocycles. The van der Waals surface area contributed by atoms with Crippen molar-refractivity contribution in [1.29, 1.82) is 0 Å². The van der Waals surface area contributed by atoms with Gasteiger partial charge in [-0.1, -0.05) is 0 Å². The molecule has 2 amide bonds. The summed E-state index contributed by atoms with van der Waals surface area (Å²) in [6, 6.07) is -3.00. The maximum Gasteiger partial charge on any atom is 0.217 e. The Hall–Kier alpha value is -1.70. The fourth-order valence-corrected chi connectivity index (χ4v) is 5.29. The van der Waals surface area contributed by atoms with Crippen LogP contribution >= 0.6 is 0 Å². The summed E-state index contributed by atoms with van der Waals surface area (Å²) in [4.78, 5) is 24.2. The lowest BCUT2D eigenvalue weighted by Gasteiger charge is -2.50. The van der Waals surface area contributed by atoms with E-state index in [4.69, 9.17) is 28.4 Å². The van der Waals surface area contributed by atoms with E-state index in [-0.39, 0.29) is 0 Å². The molecule has 3 saturated heterocycles. The number of amides is 2. The van der Waals surface area contributed by atoms with Crippen molar-refractivity contribution in [2.75, 3.05) is 33.0 Å². The second-order valence-corrected chi connectivity index (χ2v) is 10.9. The van der Waals surface area contributed by atoms with Crippen molar-refractivity contribution < 1.29 is 89.1 Å². The first-order valence-electron chi connectivity index (χ1n) is 14.2. The van der Waals surface area contributed by atoms with Crippen molar-refractivity contribution in [3.63, 3.8) is 0 Å². The van der Waals surface area contributed by atoms with Crippen LogP contribution in [-0.2, 0) is 38.0 Å². The summed E-state index contributed by atoms with van der Waals surface area (Å²) in [6.07, 6.45) is -22.8. The van der Waals surface area contributed by atoms with Gasteiger partial charge >= 0.3 is 0 Å². The van der Waals surface area contributed by atoms with Gasteiger partial charge in [0.15, 0.2) is 18.9 Å². The number of aliphatic hydroxyl groups is 10. The van der Waals surface area contributed by atoms with Gasteiger partial charge in [0.2, 0.25) is 11.8 Å². The molecule has 3 aliphatic rings. The Morgan fingerprint density at radius 2 is 1.02 bits per heavy atom. The molecule has 0 spiro atoms.